The van der Waals surface area contributed by atoms with Gasteiger partial charge in [0.1, 0.15) is 12.3 Å². The van der Waals surface area contributed by atoms with Crippen LogP contribution in [0.15, 0.2) is 51.5 Å². The van der Waals surface area contributed by atoms with Gasteiger partial charge in [0.05, 0.1) is 27.8 Å². The molecule has 0 atom stereocenters. The number of benzene rings is 1. The lowest BCUT2D eigenvalue weighted by molar-refractivity contribution is -0.113. The third-order valence-electron chi connectivity index (χ3n) is 3.68. The fourth-order valence-electron chi connectivity index (χ4n) is 2.35. The van der Waals surface area contributed by atoms with Gasteiger partial charge >= 0.3 is 0 Å². The zero-order valence-corrected chi connectivity index (χ0v) is 17.7. The summed E-state index contributed by atoms with van der Waals surface area (Å²) in [5.74, 6) is 0.652. The number of rotatable bonds is 7. The Morgan fingerprint density at radius 1 is 1.28 bits per heavy atom. The summed E-state index contributed by atoms with van der Waals surface area (Å²) in [6, 6.07) is 8.89. The number of aromatic nitrogens is 5. The largest absolute Gasteiger partial charge is 0.467 e. The topological polar surface area (TPSA) is 98.7 Å². The molecule has 4 rings (SSSR count). The van der Waals surface area contributed by atoms with E-state index in [0.29, 0.717) is 32.6 Å². The van der Waals surface area contributed by atoms with Crippen LogP contribution in [0.5, 0.6) is 0 Å². The zero-order chi connectivity index (χ0) is 20.2. The lowest BCUT2D eigenvalue weighted by Crippen LogP contribution is -2.14. The van der Waals surface area contributed by atoms with Crippen molar-refractivity contribution in [2.75, 3.05) is 11.1 Å². The van der Waals surface area contributed by atoms with E-state index in [-0.39, 0.29) is 11.7 Å². The van der Waals surface area contributed by atoms with E-state index in [1.54, 1.807) is 29.1 Å². The Balaban J connectivity index is 1.34. The van der Waals surface area contributed by atoms with Gasteiger partial charge in [-0.15, -0.1) is 16.4 Å². The van der Waals surface area contributed by atoms with Gasteiger partial charge in [-0.1, -0.05) is 41.0 Å². The van der Waals surface area contributed by atoms with E-state index in [9.17, 15) is 4.79 Å². The molecule has 0 aliphatic heterocycles. The van der Waals surface area contributed by atoms with Crippen molar-refractivity contribution in [2.24, 2.45) is 0 Å². The minimum atomic E-state index is -0.211. The number of nitrogens with zero attached hydrogens (tertiary/aromatic N) is 5. The lowest BCUT2D eigenvalue weighted by atomic mass is 10.2. The Morgan fingerprint density at radius 2 is 2.17 bits per heavy atom. The van der Waals surface area contributed by atoms with Gasteiger partial charge in [-0.3, -0.25) is 4.79 Å². The molecule has 1 aromatic carbocycles. The van der Waals surface area contributed by atoms with Crippen LogP contribution in [0.1, 0.15) is 5.76 Å². The molecule has 0 fully saturated rings. The second-order valence-electron chi connectivity index (χ2n) is 5.70. The minimum absolute atomic E-state index is 0.139. The molecule has 148 valence electrons. The number of carbonyl (C=O) groups is 1. The summed E-state index contributed by atoms with van der Waals surface area (Å²) >= 11 is 14.5. The number of nitrogens with one attached hydrogen (secondary N) is 1. The van der Waals surface area contributed by atoms with Crippen LogP contribution in [0, 0.1) is 0 Å². The third-order valence-corrected chi connectivity index (χ3v) is 6.14. The number of hydrogen-bond donors (Lipinski definition) is 1. The Bertz CT molecular complexity index is 1130. The van der Waals surface area contributed by atoms with Crippen LogP contribution < -0.4 is 5.32 Å². The minimum Gasteiger partial charge on any atom is -0.467 e. The SMILES string of the molecule is O=C(CSc1nnnn1Cc1ccco1)Nc1nc(-c2ccc(Cl)c(Cl)c2)cs1. The van der Waals surface area contributed by atoms with Gasteiger partial charge < -0.3 is 9.73 Å². The number of anilines is 1. The predicted molar refractivity (Wildman–Crippen MR) is 113 cm³/mol. The third kappa shape index (κ3) is 4.96. The van der Waals surface area contributed by atoms with Crippen LogP contribution in [-0.2, 0) is 11.3 Å². The molecule has 0 bridgehead atoms. The Hall–Kier alpha value is -2.40. The highest BCUT2D eigenvalue weighted by molar-refractivity contribution is 7.99. The van der Waals surface area contributed by atoms with Crippen molar-refractivity contribution in [3.63, 3.8) is 0 Å². The van der Waals surface area contributed by atoms with E-state index in [0.717, 1.165) is 11.3 Å². The number of halogens is 2. The molecular formula is C17H12Cl2N6O2S2. The average molecular weight is 467 g/mol. The van der Waals surface area contributed by atoms with Crippen molar-refractivity contribution < 1.29 is 9.21 Å². The fraction of sp³-hybridized carbons (Fsp3) is 0.118. The number of furan rings is 1. The monoisotopic (exact) mass is 466 g/mol. The maximum atomic E-state index is 12.3. The van der Waals surface area contributed by atoms with Crippen molar-refractivity contribution in [3.8, 4) is 11.3 Å². The zero-order valence-electron chi connectivity index (χ0n) is 14.6. The molecule has 12 heteroatoms. The number of amides is 1. The van der Waals surface area contributed by atoms with E-state index in [4.69, 9.17) is 27.6 Å². The number of carbonyl (C=O) groups excluding carboxylic acids is 1. The molecule has 1 amide bonds. The standard InChI is InChI=1S/C17H12Cl2N6O2S2/c18-12-4-3-10(6-13(12)19)14-8-28-16(20-14)21-15(26)9-29-17-22-23-24-25(17)7-11-2-1-5-27-11/h1-6,8H,7,9H2,(H,20,21,26). The smallest absolute Gasteiger partial charge is 0.236 e. The summed E-state index contributed by atoms with van der Waals surface area (Å²) < 4.78 is 6.86. The number of tetrazole rings is 1. The number of hydrogen-bond acceptors (Lipinski definition) is 8. The van der Waals surface area contributed by atoms with Gasteiger partial charge in [-0.2, -0.15) is 0 Å². The molecule has 0 radical (unpaired) electrons. The first-order valence-corrected chi connectivity index (χ1v) is 10.8. The van der Waals surface area contributed by atoms with Gasteiger partial charge in [0.25, 0.3) is 0 Å². The maximum Gasteiger partial charge on any atom is 0.236 e. The molecule has 29 heavy (non-hydrogen) atoms. The molecule has 0 aliphatic carbocycles. The highest BCUT2D eigenvalue weighted by Gasteiger charge is 2.13. The summed E-state index contributed by atoms with van der Waals surface area (Å²) in [7, 11) is 0. The lowest BCUT2D eigenvalue weighted by Gasteiger charge is -2.03. The summed E-state index contributed by atoms with van der Waals surface area (Å²) in [4.78, 5) is 16.7. The summed E-state index contributed by atoms with van der Waals surface area (Å²) in [5, 5.41) is 18.1. The Morgan fingerprint density at radius 3 is 2.97 bits per heavy atom. The first-order chi connectivity index (χ1) is 14.1. The molecule has 3 heterocycles. The normalized spacial score (nSPS) is 11.0. The van der Waals surface area contributed by atoms with Crippen LogP contribution in [0.3, 0.4) is 0 Å². The van der Waals surface area contributed by atoms with Gasteiger partial charge in [-0.05, 0) is 34.7 Å². The predicted octanol–water partition coefficient (Wildman–Crippen LogP) is 4.48. The Labute approximate surface area is 183 Å². The van der Waals surface area contributed by atoms with Crippen LogP contribution in [0.25, 0.3) is 11.3 Å². The molecule has 0 unspecified atom stereocenters. The fourth-order valence-corrected chi connectivity index (χ4v) is 4.06. The van der Waals surface area contributed by atoms with Crippen LogP contribution in [0.4, 0.5) is 5.13 Å². The van der Waals surface area contributed by atoms with Crippen LogP contribution in [0.2, 0.25) is 10.0 Å². The van der Waals surface area contributed by atoms with Crippen LogP contribution in [-0.4, -0.2) is 36.9 Å². The van der Waals surface area contributed by atoms with Crippen molar-refractivity contribution >= 4 is 57.3 Å². The van der Waals surface area contributed by atoms with Crippen molar-refractivity contribution in [1.82, 2.24) is 25.2 Å². The van der Waals surface area contributed by atoms with Crippen LogP contribution >= 0.6 is 46.3 Å². The van der Waals surface area contributed by atoms with Crippen molar-refractivity contribution in [1.29, 1.82) is 0 Å². The highest BCUT2D eigenvalue weighted by atomic mass is 35.5. The molecule has 0 saturated carbocycles. The second kappa shape index (κ2) is 8.95. The molecule has 0 spiro atoms. The molecule has 8 nitrogen and oxygen atoms in total. The summed E-state index contributed by atoms with van der Waals surface area (Å²) in [6.07, 6.45) is 1.58. The number of thioether (sulfide) groups is 1. The average Bonchev–Trinajstić information content (AvgIpc) is 3.45. The maximum absolute atomic E-state index is 12.3. The highest BCUT2D eigenvalue weighted by Crippen LogP contribution is 2.30. The van der Waals surface area contributed by atoms with E-state index in [1.807, 2.05) is 17.5 Å². The van der Waals surface area contributed by atoms with Crippen molar-refractivity contribution in [2.45, 2.75) is 11.7 Å². The first kappa shape index (κ1) is 19.9. The van der Waals surface area contributed by atoms with E-state index >= 15 is 0 Å². The molecule has 0 aliphatic rings. The molecule has 4 aromatic rings. The molecule has 1 N–H and O–H groups in total. The molecule has 0 saturated heterocycles. The van der Waals surface area contributed by atoms with E-state index in [1.165, 1.54) is 23.1 Å². The molecular weight excluding hydrogens is 455 g/mol. The van der Waals surface area contributed by atoms with Gasteiger partial charge in [-0.25, -0.2) is 9.67 Å². The van der Waals surface area contributed by atoms with Gasteiger partial charge in [0.15, 0.2) is 5.13 Å². The van der Waals surface area contributed by atoms with Gasteiger partial charge in [0, 0.05) is 10.9 Å². The molecule has 3 aromatic heterocycles. The van der Waals surface area contributed by atoms with Gasteiger partial charge in [0.2, 0.25) is 11.1 Å². The summed E-state index contributed by atoms with van der Waals surface area (Å²) in [5.41, 5.74) is 1.53. The number of thiazole rings is 1. The second-order valence-corrected chi connectivity index (χ2v) is 8.32. The summed E-state index contributed by atoms with van der Waals surface area (Å²) in [6.45, 7) is 0.392. The quantitative estimate of drug-likeness (QED) is 0.400. The van der Waals surface area contributed by atoms with E-state index < -0.39 is 0 Å². The first-order valence-electron chi connectivity index (χ1n) is 8.20. The Kier molecular flexibility index (Phi) is 6.14. The van der Waals surface area contributed by atoms with Crippen molar-refractivity contribution in [3.05, 3.63) is 57.8 Å². The van der Waals surface area contributed by atoms with E-state index in [2.05, 4.69) is 25.8 Å².